The second-order valence-electron chi connectivity index (χ2n) is 7.47. The summed E-state index contributed by atoms with van der Waals surface area (Å²) in [4.78, 5) is 17.4. The molecule has 0 fully saturated rings. The van der Waals surface area contributed by atoms with Crippen LogP contribution in [0.25, 0.3) is 16.9 Å². The summed E-state index contributed by atoms with van der Waals surface area (Å²) in [7, 11) is 0. The van der Waals surface area contributed by atoms with Crippen LogP contribution in [0.1, 0.15) is 12.5 Å². The Hall–Kier alpha value is -3.80. The quantitative estimate of drug-likeness (QED) is 0.552. The van der Waals surface area contributed by atoms with Crippen molar-refractivity contribution in [1.29, 1.82) is 0 Å². The van der Waals surface area contributed by atoms with Crippen molar-refractivity contribution >= 4 is 17.2 Å². The number of nitrogens with one attached hydrogen (secondary N) is 1. The highest BCUT2D eigenvalue weighted by Crippen LogP contribution is 2.33. The number of para-hydroxylation sites is 2. The summed E-state index contributed by atoms with van der Waals surface area (Å²) in [6.07, 6.45) is 2.89. The number of fused-ring (bicyclic) bond motifs is 2. The number of rotatable bonds is 3. The van der Waals surface area contributed by atoms with Gasteiger partial charge in [0.25, 0.3) is 5.91 Å². The number of imidazole rings is 1. The Bertz CT molecular complexity index is 1230. The third kappa shape index (κ3) is 3.37. The third-order valence-electron chi connectivity index (χ3n) is 5.16. The summed E-state index contributed by atoms with van der Waals surface area (Å²) in [6, 6.07) is 19.1. The van der Waals surface area contributed by atoms with Crippen molar-refractivity contribution in [2.75, 3.05) is 5.32 Å². The molecule has 1 N–H and O–H groups in total. The first-order valence-electron chi connectivity index (χ1n) is 9.86. The van der Waals surface area contributed by atoms with Gasteiger partial charge in [-0.1, -0.05) is 24.3 Å². The molecule has 4 aromatic rings. The van der Waals surface area contributed by atoms with Crippen LogP contribution in [0.15, 0.2) is 73.1 Å². The van der Waals surface area contributed by atoms with E-state index in [-0.39, 0.29) is 12.0 Å². The number of hydrogen-bond acceptors (Lipinski definition) is 4. The van der Waals surface area contributed by atoms with Gasteiger partial charge >= 0.3 is 0 Å². The standard InChI is InChI=1S/C24H21N3O3/c1-15-11-12-27-14-19(26-22(27)13-15)17-7-9-18(10-8-17)25-24(28)23-16(2)29-20-5-3-4-6-21(20)30-23/h3-14,16,23H,1-2H3,(H,25,28). The summed E-state index contributed by atoms with van der Waals surface area (Å²) >= 11 is 0. The average molecular weight is 399 g/mol. The molecule has 1 aliphatic heterocycles. The number of carbonyl (C=O) groups excluding carboxylic acids is 1. The Morgan fingerprint density at radius 3 is 2.53 bits per heavy atom. The van der Waals surface area contributed by atoms with Gasteiger partial charge in [0.2, 0.25) is 6.10 Å². The van der Waals surface area contributed by atoms with Gasteiger partial charge in [-0.2, -0.15) is 0 Å². The number of anilines is 1. The van der Waals surface area contributed by atoms with Crippen LogP contribution in [0.4, 0.5) is 5.69 Å². The largest absolute Gasteiger partial charge is 0.482 e. The molecule has 150 valence electrons. The van der Waals surface area contributed by atoms with Crippen molar-refractivity contribution < 1.29 is 14.3 Å². The highest BCUT2D eigenvalue weighted by atomic mass is 16.6. The van der Waals surface area contributed by atoms with E-state index in [1.165, 1.54) is 5.56 Å². The fourth-order valence-electron chi connectivity index (χ4n) is 3.57. The molecule has 0 bridgehead atoms. The predicted molar refractivity (Wildman–Crippen MR) is 115 cm³/mol. The van der Waals surface area contributed by atoms with Crippen LogP contribution in [-0.4, -0.2) is 27.5 Å². The van der Waals surface area contributed by atoms with E-state index in [0.717, 1.165) is 16.9 Å². The average Bonchev–Trinajstić information content (AvgIpc) is 3.17. The van der Waals surface area contributed by atoms with Crippen molar-refractivity contribution in [2.45, 2.75) is 26.1 Å². The van der Waals surface area contributed by atoms with E-state index in [0.29, 0.717) is 17.2 Å². The minimum Gasteiger partial charge on any atom is -0.482 e. The number of amides is 1. The zero-order valence-corrected chi connectivity index (χ0v) is 16.7. The van der Waals surface area contributed by atoms with Gasteiger partial charge in [0.05, 0.1) is 5.69 Å². The lowest BCUT2D eigenvalue weighted by molar-refractivity contribution is -0.128. The zero-order valence-electron chi connectivity index (χ0n) is 16.7. The van der Waals surface area contributed by atoms with Crippen molar-refractivity contribution in [1.82, 2.24) is 9.38 Å². The lowest BCUT2D eigenvalue weighted by Crippen LogP contribution is -2.46. The number of nitrogens with zero attached hydrogens (tertiary/aromatic N) is 2. The van der Waals surface area contributed by atoms with Crippen LogP contribution < -0.4 is 14.8 Å². The number of carbonyl (C=O) groups is 1. The molecule has 0 aliphatic carbocycles. The first kappa shape index (κ1) is 18.2. The first-order chi connectivity index (χ1) is 14.6. The van der Waals surface area contributed by atoms with E-state index in [1.54, 1.807) is 6.07 Å². The van der Waals surface area contributed by atoms with Crippen LogP contribution >= 0.6 is 0 Å². The van der Waals surface area contributed by atoms with Gasteiger partial charge in [-0.3, -0.25) is 4.79 Å². The van der Waals surface area contributed by atoms with Crippen molar-refractivity contribution in [2.24, 2.45) is 0 Å². The van der Waals surface area contributed by atoms with Crippen LogP contribution in [0, 0.1) is 6.92 Å². The molecule has 0 radical (unpaired) electrons. The van der Waals surface area contributed by atoms with E-state index in [2.05, 4.69) is 10.3 Å². The molecule has 2 aromatic heterocycles. The van der Waals surface area contributed by atoms with Crippen LogP contribution in [0.5, 0.6) is 11.5 Å². The number of hydrogen-bond donors (Lipinski definition) is 1. The highest BCUT2D eigenvalue weighted by Gasteiger charge is 2.34. The van der Waals surface area contributed by atoms with Gasteiger partial charge in [-0.05, 0) is 55.8 Å². The van der Waals surface area contributed by atoms with E-state index < -0.39 is 6.10 Å². The summed E-state index contributed by atoms with van der Waals surface area (Å²) < 4.78 is 13.7. The molecular weight excluding hydrogens is 378 g/mol. The van der Waals surface area contributed by atoms with Crippen molar-refractivity contribution in [3.8, 4) is 22.8 Å². The monoisotopic (exact) mass is 399 g/mol. The van der Waals surface area contributed by atoms with Crippen molar-refractivity contribution in [3.63, 3.8) is 0 Å². The second-order valence-corrected chi connectivity index (χ2v) is 7.47. The molecule has 6 heteroatoms. The Labute approximate surface area is 174 Å². The Balaban J connectivity index is 1.31. The SMILES string of the molecule is Cc1ccn2cc(-c3ccc(NC(=O)C4Oc5ccccc5OC4C)cc3)nc2c1. The highest BCUT2D eigenvalue weighted by molar-refractivity contribution is 5.95. The summed E-state index contributed by atoms with van der Waals surface area (Å²) in [6.45, 7) is 3.88. The zero-order chi connectivity index (χ0) is 20.7. The minimum absolute atomic E-state index is 0.243. The third-order valence-corrected chi connectivity index (χ3v) is 5.16. The molecule has 5 rings (SSSR count). The maximum Gasteiger partial charge on any atom is 0.269 e. The molecule has 2 aromatic carbocycles. The van der Waals surface area contributed by atoms with Crippen molar-refractivity contribution in [3.05, 3.63) is 78.6 Å². The van der Waals surface area contributed by atoms with E-state index in [1.807, 2.05) is 85.2 Å². The van der Waals surface area contributed by atoms with Gasteiger partial charge < -0.3 is 19.2 Å². The predicted octanol–water partition coefficient (Wildman–Crippen LogP) is 4.48. The maximum absolute atomic E-state index is 12.8. The Morgan fingerprint density at radius 2 is 1.77 bits per heavy atom. The number of aromatic nitrogens is 2. The Morgan fingerprint density at radius 1 is 1.03 bits per heavy atom. The molecular formula is C24H21N3O3. The minimum atomic E-state index is -0.721. The fourth-order valence-corrected chi connectivity index (χ4v) is 3.57. The van der Waals surface area contributed by atoms with Gasteiger partial charge in [0.1, 0.15) is 11.8 Å². The smallest absolute Gasteiger partial charge is 0.269 e. The van der Waals surface area contributed by atoms with Gasteiger partial charge in [0, 0.05) is 23.6 Å². The molecule has 1 aliphatic rings. The maximum atomic E-state index is 12.8. The number of aryl methyl sites for hydroxylation is 1. The van der Waals surface area contributed by atoms with E-state index >= 15 is 0 Å². The fraction of sp³-hybridized carbons (Fsp3) is 0.167. The summed E-state index contributed by atoms with van der Waals surface area (Å²) in [5, 5.41) is 2.92. The summed E-state index contributed by atoms with van der Waals surface area (Å²) in [5.74, 6) is 0.988. The Kier molecular flexibility index (Phi) is 4.39. The molecule has 1 amide bonds. The van der Waals surface area contributed by atoms with Gasteiger partial charge in [0.15, 0.2) is 11.5 Å². The molecule has 0 saturated heterocycles. The molecule has 30 heavy (non-hydrogen) atoms. The van der Waals surface area contributed by atoms with Crippen LogP contribution in [-0.2, 0) is 4.79 Å². The second kappa shape index (κ2) is 7.22. The van der Waals surface area contributed by atoms with E-state index in [4.69, 9.17) is 9.47 Å². The molecule has 2 unspecified atom stereocenters. The number of benzene rings is 2. The number of pyridine rings is 1. The molecule has 6 nitrogen and oxygen atoms in total. The lowest BCUT2D eigenvalue weighted by atomic mass is 10.1. The topological polar surface area (TPSA) is 64.9 Å². The van der Waals surface area contributed by atoms with Crippen LogP contribution in [0.2, 0.25) is 0 Å². The van der Waals surface area contributed by atoms with Gasteiger partial charge in [-0.25, -0.2) is 4.98 Å². The van der Waals surface area contributed by atoms with E-state index in [9.17, 15) is 4.79 Å². The molecule has 0 spiro atoms. The molecule has 0 saturated carbocycles. The summed E-state index contributed by atoms with van der Waals surface area (Å²) in [5.41, 5.74) is 4.63. The molecule has 3 heterocycles. The normalized spacial score (nSPS) is 17.7. The lowest BCUT2D eigenvalue weighted by Gasteiger charge is -2.31. The first-order valence-corrected chi connectivity index (χ1v) is 9.86. The van der Waals surface area contributed by atoms with Gasteiger partial charge in [-0.15, -0.1) is 0 Å². The molecule has 2 atom stereocenters. The number of ether oxygens (including phenoxy) is 2. The van der Waals surface area contributed by atoms with Crippen LogP contribution in [0.3, 0.4) is 0 Å².